The first-order valence-corrected chi connectivity index (χ1v) is 10.2. The topological polar surface area (TPSA) is 70.7 Å². The van der Waals surface area contributed by atoms with Crippen LogP contribution >= 0.6 is 45.2 Å². The smallest absolute Gasteiger partial charge is 0.321 e. The fourth-order valence-corrected chi connectivity index (χ4v) is 3.30. The second-order valence-corrected chi connectivity index (χ2v) is 8.35. The number of benzene rings is 1. The predicted molar refractivity (Wildman–Crippen MR) is 120 cm³/mol. The molecule has 7 heteroatoms. The normalized spacial score (nSPS) is 16.2. The van der Waals surface area contributed by atoms with Gasteiger partial charge >= 0.3 is 6.03 Å². The lowest BCUT2D eigenvalue weighted by atomic mass is 9.90. The Morgan fingerprint density at radius 2 is 1.96 bits per heavy atom. The molecule has 1 aliphatic heterocycles. The maximum atomic E-state index is 12.3. The predicted octanol–water partition coefficient (Wildman–Crippen LogP) is 4.03. The van der Waals surface area contributed by atoms with E-state index in [1.807, 2.05) is 27.5 Å². The zero-order valence-electron chi connectivity index (χ0n) is 13.9. The van der Waals surface area contributed by atoms with Crippen LogP contribution in [0.15, 0.2) is 53.8 Å². The summed E-state index contributed by atoms with van der Waals surface area (Å²) < 4.78 is 1.90. The molecule has 1 aromatic rings. The van der Waals surface area contributed by atoms with Gasteiger partial charge in [-0.25, -0.2) is 4.79 Å². The number of nitrogens with two attached hydrogens (primary N) is 1. The van der Waals surface area contributed by atoms with Crippen LogP contribution in [0.1, 0.15) is 18.4 Å². The molecule has 1 aromatic carbocycles. The van der Waals surface area contributed by atoms with Crippen molar-refractivity contribution in [1.82, 2.24) is 10.2 Å². The van der Waals surface area contributed by atoms with Crippen LogP contribution in [0.4, 0.5) is 4.79 Å². The highest BCUT2D eigenvalue weighted by Gasteiger charge is 2.22. The molecular formula is C18H22I2N4O. The Bertz CT molecular complexity index is 662. The molecule has 0 radical (unpaired) electrons. The van der Waals surface area contributed by atoms with Crippen LogP contribution in [0.3, 0.4) is 0 Å². The van der Waals surface area contributed by atoms with Crippen LogP contribution in [0.5, 0.6) is 0 Å². The van der Waals surface area contributed by atoms with Crippen molar-refractivity contribution in [3.63, 3.8) is 0 Å². The Kier molecular flexibility index (Phi) is 8.20. The summed E-state index contributed by atoms with van der Waals surface area (Å²) in [5.74, 6) is 5.79. The minimum atomic E-state index is -0.0953. The van der Waals surface area contributed by atoms with Crippen LogP contribution in [0.25, 0.3) is 0 Å². The number of carbonyl (C=O) groups is 1. The van der Waals surface area contributed by atoms with Crippen molar-refractivity contribution in [2.45, 2.75) is 19.3 Å². The largest absolute Gasteiger partial charge is 0.325 e. The van der Waals surface area contributed by atoms with Crippen LogP contribution < -0.4 is 11.2 Å². The lowest BCUT2D eigenvalue weighted by Crippen LogP contribution is -2.44. The first-order valence-electron chi connectivity index (χ1n) is 8.08. The number of halogens is 2. The second kappa shape index (κ2) is 10.1. The van der Waals surface area contributed by atoms with E-state index in [9.17, 15) is 4.79 Å². The molecule has 2 amide bonds. The number of nitrogens with one attached hydrogen (secondary N) is 1. The van der Waals surface area contributed by atoms with Gasteiger partial charge in [-0.15, -0.1) is 0 Å². The quantitative estimate of drug-likeness (QED) is 0.187. The molecule has 2 rings (SSSR count). The van der Waals surface area contributed by atoms with Gasteiger partial charge in [-0.3, -0.25) is 0 Å². The summed E-state index contributed by atoms with van der Waals surface area (Å²) >= 11 is 4.32. The fraction of sp³-hybridized carbons (Fsp3) is 0.333. The third-order valence-electron chi connectivity index (χ3n) is 4.15. The van der Waals surface area contributed by atoms with E-state index in [4.69, 9.17) is 5.84 Å². The molecule has 1 heterocycles. The minimum Gasteiger partial charge on any atom is -0.325 e. The molecule has 3 N–H and O–H groups in total. The number of rotatable bonds is 5. The molecule has 0 atom stereocenters. The average molecular weight is 564 g/mol. The van der Waals surface area contributed by atoms with Crippen molar-refractivity contribution in [2.75, 3.05) is 13.1 Å². The van der Waals surface area contributed by atoms with Gasteiger partial charge < -0.3 is 16.1 Å². The number of hydrogen-bond acceptors (Lipinski definition) is 3. The van der Waals surface area contributed by atoms with Crippen molar-refractivity contribution >= 4 is 54.9 Å². The van der Waals surface area contributed by atoms with Crippen molar-refractivity contribution < 1.29 is 4.79 Å². The van der Waals surface area contributed by atoms with E-state index in [1.54, 1.807) is 12.2 Å². The maximum absolute atomic E-state index is 12.3. The van der Waals surface area contributed by atoms with E-state index in [1.165, 1.54) is 9.13 Å². The molecule has 134 valence electrons. The summed E-state index contributed by atoms with van der Waals surface area (Å²) in [5, 5.41) is 6.33. The van der Waals surface area contributed by atoms with E-state index >= 15 is 0 Å². The summed E-state index contributed by atoms with van der Waals surface area (Å²) in [6, 6.07) is 8.59. The summed E-state index contributed by atoms with van der Waals surface area (Å²) in [7, 11) is 0. The van der Waals surface area contributed by atoms with Crippen LogP contribution in [0.2, 0.25) is 0 Å². The van der Waals surface area contributed by atoms with Crippen molar-refractivity contribution in [3.05, 3.63) is 57.8 Å². The molecule has 1 aliphatic rings. The van der Waals surface area contributed by atoms with Crippen molar-refractivity contribution in [3.8, 4) is 0 Å². The van der Waals surface area contributed by atoms with Gasteiger partial charge in [0.1, 0.15) is 3.72 Å². The molecule has 0 saturated carbocycles. The number of hydrazone groups is 1. The Balaban J connectivity index is 1.77. The first kappa shape index (κ1) is 20.2. The molecule has 0 bridgehead atoms. The summed E-state index contributed by atoms with van der Waals surface area (Å²) in [4.78, 5) is 14.1. The van der Waals surface area contributed by atoms with E-state index in [0.717, 1.165) is 32.4 Å². The van der Waals surface area contributed by atoms with Gasteiger partial charge in [0.2, 0.25) is 0 Å². The second-order valence-electron chi connectivity index (χ2n) is 6.00. The summed E-state index contributed by atoms with van der Waals surface area (Å²) in [5.41, 5.74) is 1.90. The molecule has 0 spiro atoms. The molecule has 25 heavy (non-hydrogen) atoms. The Labute approximate surface area is 176 Å². The zero-order chi connectivity index (χ0) is 18.2. The number of allylic oxidation sites excluding steroid dienone is 2. The molecular weight excluding hydrogens is 542 g/mol. The first-order chi connectivity index (χ1) is 12.0. The third kappa shape index (κ3) is 6.96. The Morgan fingerprint density at radius 3 is 2.56 bits per heavy atom. The van der Waals surface area contributed by atoms with Crippen molar-refractivity contribution in [2.24, 2.45) is 16.9 Å². The van der Waals surface area contributed by atoms with E-state index < -0.39 is 0 Å². The third-order valence-corrected chi connectivity index (χ3v) is 5.51. The number of likely N-dealkylation sites (tertiary alicyclic amines) is 1. The zero-order valence-corrected chi connectivity index (χ0v) is 18.2. The number of hydrogen-bond donors (Lipinski definition) is 2. The number of amides is 2. The standard InChI is InChI=1S/C18H22I2N4O/c1-13(2-7-17(20)23-21)22-18(25)24-10-8-15(9-11-24)12-14-3-5-16(19)6-4-14/h2-7,15H,1,8-12,21H2,(H,22,25)/b7-2-,23-17+. The Morgan fingerprint density at radius 1 is 1.32 bits per heavy atom. The van der Waals surface area contributed by atoms with E-state index in [2.05, 4.69) is 63.9 Å². The maximum Gasteiger partial charge on any atom is 0.321 e. The van der Waals surface area contributed by atoms with Crippen molar-refractivity contribution in [1.29, 1.82) is 0 Å². The number of urea groups is 1. The lowest BCUT2D eigenvalue weighted by molar-refractivity contribution is 0.173. The molecule has 0 unspecified atom stereocenters. The van der Waals surface area contributed by atoms with Crippen LogP contribution in [-0.2, 0) is 6.42 Å². The number of piperidine rings is 1. The van der Waals surface area contributed by atoms with Gasteiger partial charge in [0.25, 0.3) is 0 Å². The number of carbonyl (C=O) groups excluding carboxylic acids is 1. The molecule has 0 aromatic heterocycles. The highest BCUT2D eigenvalue weighted by Crippen LogP contribution is 2.22. The average Bonchev–Trinajstić information content (AvgIpc) is 2.62. The van der Waals surface area contributed by atoms with E-state index in [-0.39, 0.29) is 6.03 Å². The highest BCUT2D eigenvalue weighted by atomic mass is 127. The SMILES string of the molecule is C=C(/C=C\C(I)=N/N)NC(=O)N1CCC(Cc2ccc(I)cc2)CC1. The Hall–Kier alpha value is -1.10. The van der Waals surface area contributed by atoms with E-state index in [0.29, 0.717) is 15.3 Å². The van der Waals surface area contributed by atoms with Gasteiger partial charge in [0.05, 0.1) is 0 Å². The number of nitrogens with zero attached hydrogens (tertiary/aromatic N) is 2. The van der Waals surface area contributed by atoms with Gasteiger partial charge in [0.15, 0.2) is 0 Å². The highest BCUT2D eigenvalue weighted by molar-refractivity contribution is 14.1. The lowest BCUT2D eigenvalue weighted by Gasteiger charge is -2.32. The molecule has 1 saturated heterocycles. The monoisotopic (exact) mass is 564 g/mol. The fourth-order valence-electron chi connectivity index (χ4n) is 2.76. The van der Waals surface area contributed by atoms with Crippen LogP contribution in [0, 0.1) is 9.49 Å². The van der Waals surface area contributed by atoms with Gasteiger partial charge in [0, 0.05) is 22.4 Å². The molecule has 5 nitrogen and oxygen atoms in total. The summed E-state index contributed by atoms with van der Waals surface area (Å²) in [6.45, 7) is 5.38. The van der Waals surface area contributed by atoms with Gasteiger partial charge in [-0.1, -0.05) is 18.7 Å². The molecule has 0 aliphatic carbocycles. The van der Waals surface area contributed by atoms with Gasteiger partial charge in [-0.2, -0.15) is 5.10 Å². The molecule has 1 fully saturated rings. The van der Waals surface area contributed by atoms with Gasteiger partial charge in [-0.05, 0) is 100 Å². The summed E-state index contributed by atoms with van der Waals surface area (Å²) in [6.07, 6.45) is 6.54. The minimum absolute atomic E-state index is 0.0953. The van der Waals surface area contributed by atoms with Crippen LogP contribution in [-0.4, -0.2) is 27.7 Å².